The first-order chi connectivity index (χ1) is 7.58. The van der Waals surface area contributed by atoms with Crippen LogP contribution in [-0.4, -0.2) is 17.1 Å². The van der Waals surface area contributed by atoms with Crippen LogP contribution >= 0.6 is 31.9 Å². The van der Waals surface area contributed by atoms with Gasteiger partial charge >= 0.3 is 5.97 Å². The molecule has 2 N–H and O–H groups in total. The van der Waals surface area contributed by atoms with E-state index in [9.17, 15) is 4.79 Å². The summed E-state index contributed by atoms with van der Waals surface area (Å²) >= 11 is 6.77. The van der Waals surface area contributed by atoms with Crippen molar-refractivity contribution >= 4 is 43.5 Å². The number of hydrogen-bond acceptors (Lipinski definition) is 2. The van der Waals surface area contributed by atoms with Crippen LogP contribution in [0.4, 0.5) is 5.69 Å². The monoisotopic (exact) mass is 347 g/mol. The molecule has 0 aliphatic heterocycles. The molecule has 1 saturated carbocycles. The Morgan fingerprint density at radius 3 is 2.62 bits per heavy atom. The predicted octanol–water partition coefficient (Wildman–Crippen LogP) is 3.49. The standard InChI is InChI=1S/C11H11Br2NO2/c12-7-3-4-9(8(13)5-7)14-10(11(15)16)6-1-2-6/h3-6,10,14H,1-2H2,(H,15,16). The third-order valence-electron chi connectivity index (χ3n) is 2.60. The number of carbonyl (C=O) groups is 1. The topological polar surface area (TPSA) is 49.3 Å². The van der Waals surface area contributed by atoms with Crippen molar-refractivity contribution < 1.29 is 9.90 Å². The van der Waals surface area contributed by atoms with E-state index in [0.717, 1.165) is 27.5 Å². The lowest BCUT2D eigenvalue weighted by molar-refractivity contribution is -0.138. The molecule has 1 unspecified atom stereocenters. The Kier molecular flexibility index (Phi) is 3.54. The van der Waals surface area contributed by atoms with E-state index in [0.29, 0.717) is 0 Å². The molecule has 0 bridgehead atoms. The smallest absolute Gasteiger partial charge is 0.326 e. The lowest BCUT2D eigenvalue weighted by Gasteiger charge is -2.16. The summed E-state index contributed by atoms with van der Waals surface area (Å²) in [6, 6.07) is 5.18. The average molecular weight is 349 g/mol. The third-order valence-corrected chi connectivity index (χ3v) is 3.75. The van der Waals surface area contributed by atoms with Crippen molar-refractivity contribution in [2.24, 2.45) is 5.92 Å². The van der Waals surface area contributed by atoms with Crippen LogP contribution in [0.2, 0.25) is 0 Å². The van der Waals surface area contributed by atoms with E-state index in [4.69, 9.17) is 5.11 Å². The van der Waals surface area contributed by atoms with Gasteiger partial charge in [-0.3, -0.25) is 0 Å². The summed E-state index contributed by atoms with van der Waals surface area (Å²) in [4.78, 5) is 11.1. The fourth-order valence-corrected chi connectivity index (χ4v) is 2.75. The van der Waals surface area contributed by atoms with Gasteiger partial charge in [-0.05, 0) is 52.9 Å². The summed E-state index contributed by atoms with van der Waals surface area (Å²) in [5, 5.41) is 12.2. The second-order valence-electron chi connectivity index (χ2n) is 3.92. The quantitative estimate of drug-likeness (QED) is 0.875. The Labute approximate surface area is 110 Å². The SMILES string of the molecule is O=C(O)C(Nc1ccc(Br)cc1Br)C1CC1. The average Bonchev–Trinajstić information content (AvgIpc) is 2.99. The zero-order chi connectivity index (χ0) is 11.7. The number of aliphatic carboxylic acids is 1. The van der Waals surface area contributed by atoms with Crippen LogP contribution in [0, 0.1) is 5.92 Å². The van der Waals surface area contributed by atoms with Gasteiger partial charge in [0.15, 0.2) is 0 Å². The molecule has 0 spiro atoms. The Bertz CT molecular complexity index is 418. The Balaban J connectivity index is 2.15. The Morgan fingerprint density at radius 2 is 2.12 bits per heavy atom. The molecule has 1 aliphatic rings. The molecule has 1 fully saturated rings. The van der Waals surface area contributed by atoms with Crippen LogP contribution in [0.3, 0.4) is 0 Å². The van der Waals surface area contributed by atoms with E-state index in [-0.39, 0.29) is 5.92 Å². The lowest BCUT2D eigenvalue weighted by Crippen LogP contribution is -2.31. The molecule has 2 rings (SSSR count). The number of rotatable bonds is 4. The highest BCUT2D eigenvalue weighted by Crippen LogP contribution is 2.36. The minimum Gasteiger partial charge on any atom is -0.480 e. The number of nitrogens with one attached hydrogen (secondary N) is 1. The van der Waals surface area contributed by atoms with Crippen molar-refractivity contribution in [3.8, 4) is 0 Å². The molecule has 0 amide bonds. The van der Waals surface area contributed by atoms with Gasteiger partial charge < -0.3 is 10.4 Å². The number of hydrogen-bond donors (Lipinski definition) is 2. The predicted molar refractivity (Wildman–Crippen MR) is 69.6 cm³/mol. The summed E-state index contributed by atoms with van der Waals surface area (Å²) in [6.45, 7) is 0. The molecule has 0 aromatic heterocycles. The highest BCUT2D eigenvalue weighted by atomic mass is 79.9. The van der Waals surface area contributed by atoms with E-state index < -0.39 is 12.0 Å². The van der Waals surface area contributed by atoms with Gasteiger partial charge in [0.1, 0.15) is 6.04 Å². The van der Waals surface area contributed by atoms with E-state index >= 15 is 0 Å². The molecule has 3 nitrogen and oxygen atoms in total. The van der Waals surface area contributed by atoms with Crippen LogP contribution in [0.5, 0.6) is 0 Å². The molecule has 0 heterocycles. The van der Waals surface area contributed by atoms with Crippen LogP contribution in [0.1, 0.15) is 12.8 Å². The van der Waals surface area contributed by atoms with Crippen LogP contribution in [0.25, 0.3) is 0 Å². The molecule has 1 aliphatic carbocycles. The highest BCUT2D eigenvalue weighted by Gasteiger charge is 2.36. The zero-order valence-electron chi connectivity index (χ0n) is 8.41. The van der Waals surface area contributed by atoms with Crippen LogP contribution < -0.4 is 5.32 Å². The number of halogens is 2. The summed E-state index contributed by atoms with van der Waals surface area (Å²) < 4.78 is 1.83. The molecule has 1 aromatic carbocycles. The summed E-state index contributed by atoms with van der Waals surface area (Å²) in [6.07, 6.45) is 2.00. The molecular weight excluding hydrogens is 338 g/mol. The number of carboxylic acid groups (broad SMARTS) is 1. The number of benzene rings is 1. The maximum Gasteiger partial charge on any atom is 0.326 e. The second kappa shape index (κ2) is 4.75. The molecule has 5 heteroatoms. The molecule has 1 aromatic rings. The number of anilines is 1. The van der Waals surface area contributed by atoms with E-state index in [1.165, 1.54) is 0 Å². The fraction of sp³-hybridized carbons (Fsp3) is 0.364. The first-order valence-electron chi connectivity index (χ1n) is 5.02. The maximum absolute atomic E-state index is 11.1. The van der Waals surface area contributed by atoms with Gasteiger partial charge in [-0.15, -0.1) is 0 Å². The van der Waals surface area contributed by atoms with Crippen molar-refractivity contribution in [1.82, 2.24) is 0 Å². The highest BCUT2D eigenvalue weighted by molar-refractivity contribution is 9.11. The number of carboxylic acids is 1. The zero-order valence-corrected chi connectivity index (χ0v) is 11.6. The molecule has 0 radical (unpaired) electrons. The normalized spacial score (nSPS) is 16.9. The van der Waals surface area contributed by atoms with E-state index in [1.807, 2.05) is 18.2 Å². The van der Waals surface area contributed by atoms with E-state index in [1.54, 1.807) is 0 Å². The largest absolute Gasteiger partial charge is 0.480 e. The van der Waals surface area contributed by atoms with Crippen molar-refractivity contribution in [2.45, 2.75) is 18.9 Å². The third kappa shape index (κ3) is 2.77. The molecular formula is C11H11Br2NO2. The second-order valence-corrected chi connectivity index (χ2v) is 5.69. The van der Waals surface area contributed by atoms with Gasteiger partial charge in [-0.2, -0.15) is 0 Å². The molecule has 1 atom stereocenters. The molecule has 16 heavy (non-hydrogen) atoms. The van der Waals surface area contributed by atoms with Crippen molar-refractivity contribution in [1.29, 1.82) is 0 Å². The van der Waals surface area contributed by atoms with Gasteiger partial charge in [0.25, 0.3) is 0 Å². The van der Waals surface area contributed by atoms with Gasteiger partial charge in [0.05, 0.1) is 0 Å². The first-order valence-corrected chi connectivity index (χ1v) is 6.61. The van der Waals surface area contributed by atoms with Gasteiger partial charge in [-0.1, -0.05) is 15.9 Å². The summed E-state index contributed by atoms with van der Waals surface area (Å²) in [5.41, 5.74) is 0.822. The van der Waals surface area contributed by atoms with Crippen molar-refractivity contribution in [3.05, 3.63) is 27.1 Å². The van der Waals surface area contributed by atoms with Crippen LogP contribution in [0.15, 0.2) is 27.1 Å². The van der Waals surface area contributed by atoms with Crippen molar-refractivity contribution in [3.63, 3.8) is 0 Å². The van der Waals surface area contributed by atoms with E-state index in [2.05, 4.69) is 37.2 Å². The van der Waals surface area contributed by atoms with Crippen molar-refractivity contribution in [2.75, 3.05) is 5.32 Å². The summed E-state index contributed by atoms with van der Waals surface area (Å²) in [5.74, 6) is -0.509. The fourth-order valence-electron chi connectivity index (χ4n) is 1.58. The van der Waals surface area contributed by atoms with Crippen LogP contribution in [-0.2, 0) is 4.79 Å². The molecule has 86 valence electrons. The van der Waals surface area contributed by atoms with Gasteiger partial charge in [0.2, 0.25) is 0 Å². The summed E-state index contributed by atoms with van der Waals surface area (Å²) in [7, 11) is 0. The Hall–Kier alpha value is -0.550. The lowest BCUT2D eigenvalue weighted by atomic mass is 10.1. The Morgan fingerprint density at radius 1 is 1.44 bits per heavy atom. The molecule has 0 saturated heterocycles. The minimum atomic E-state index is -0.780. The van der Waals surface area contributed by atoms with Gasteiger partial charge in [0, 0.05) is 14.6 Å². The maximum atomic E-state index is 11.1. The minimum absolute atomic E-state index is 0.271. The first kappa shape index (κ1) is 11.9. The van der Waals surface area contributed by atoms with Gasteiger partial charge in [-0.25, -0.2) is 4.79 Å².